The summed E-state index contributed by atoms with van der Waals surface area (Å²) in [6.45, 7) is 1.57. The van der Waals surface area contributed by atoms with E-state index in [-0.39, 0.29) is 11.7 Å². The molecule has 21 heavy (non-hydrogen) atoms. The van der Waals surface area contributed by atoms with Crippen LogP contribution in [0.3, 0.4) is 0 Å². The number of hydrogen-bond donors (Lipinski definition) is 1. The molecule has 2 unspecified atom stereocenters. The molecule has 0 bridgehead atoms. The lowest BCUT2D eigenvalue weighted by molar-refractivity contribution is 0.102. The van der Waals surface area contributed by atoms with Gasteiger partial charge < -0.3 is 9.84 Å². The molecule has 1 aliphatic rings. The molecule has 118 valence electrons. The fraction of sp³-hybridized carbons (Fsp3) is 0.538. The zero-order valence-electron chi connectivity index (χ0n) is 11.7. The van der Waals surface area contributed by atoms with Crippen molar-refractivity contribution in [2.75, 3.05) is 13.7 Å². The molecule has 1 aliphatic heterocycles. The van der Waals surface area contributed by atoms with Crippen LogP contribution < -0.4 is 0 Å². The van der Waals surface area contributed by atoms with Crippen LogP contribution in [-0.2, 0) is 21.4 Å². The maximum Gasteiger partial charge on any atom is 0.246 e. The molecule has 0 radical (unpaired) electrons. The van der Waals surface area contributed by atoms with E-state index in [0.29, 0.717) is 13.0 Å². The summed E-state index contributed by atoms with van der Waals surface area (Å²) in [5.74, 6) is -2.74. The van der Waals surface area contributed by atoms with E-state index in [2.05, 4.69) is 0 Å². The average molecular weight is 321 g/mol. The van der Waals surface area contributed by atoms with Crippen molar-refractivity contribution in [1.29, 1.82) is 0 Å². The van der Waals surface area contributed by atoms with Crippen LogP contribution in [0.1, 0.15) is 18.9 Å². The van der Waals surface area contributed by atoms with Gasteiger partial charge in [0.05, 0.1) is 18.8 Å². The van der Waals surface area contributed by atoms with Crippen molar-refractivity contribution >= 4 is 10.0 Å². The predicted molar refractivity (Wildman–Crippen MR) is 71.0 cm³/mol. The standard InChI is InChI=1S/C13H17F2NO4S/c1-8-11(3-4-20-8)16(2)21(18,19)12-6-9(7-17)5-10(14)13(12)15/h5-6,8,11,17H,3-4,7H2,1-2H3. The third-order valence-electron chi connectivity index (χ3n) is 3.70. The van der Waals surface area contributed by atoms with Crippen LogP contribution in [0, 0.1) is 11.6 Å². The van der Waals surface area contributed by atoms with Gasteiger partial charge in [0.25, 0.3) is 0 Å². The third kappa shape index (κ3) is 2.94. The summed E-state index contributed by atoms with van der Waals surface area (Å²) in [5.41, 5.74) is -0.00315. The smallest absolute Gasteiger partial charge is 0.246 e. The van der Waals surface area contributed by atoms with Gasteiger partial charge in [-0.25, -0.2) is 17.2 Å². The summed E-state index contributed by atoms with van der Waals surface area (Å²) in [7, 11) is -2.90. The molecular weight excluding hydrogens is 304 g/mol. The normalized spacial score (nSPS) is 23.0. The summed E-state index contributed by atoms with van der Waals surface area (Å²) >= 11 is 0. The van der Waals surface area contributed by atoms with Crippen molar-refractivity contribution in [3.05, 3.63) is 29.3 Å². The minimum atomic E-state index is -4.21. The van der Waals surface area contributed by atoms with Crippen molar-refractivity contribution in [1.82, 2.24) is 4.31 Å². The van der Waals surface area contributed by atoms with Crippen LogP contribution in [-0.4, -0.2) is 43.6 Å². The Kier molecular flexibility index (Phi) is 4.62. The first-order valence-corrected chi connectivity index (χ1v) is 7.91. The molecule has 8 heteroatoms. The Bertz CT molecular complexity index is 635. The SMILES string of the molecule is CC1OCCC1N(C)S(=O)(=O)c1cc(CO)cc(F)c1F. The van der Waals surface area contributed by atoms with E-state index in [0.717, 1.165) is 16.4 Å². The van der Waals surface area contributed by atoms with Crippen LogP contribution in [0.25, 0.3) is 0 Å². The average Bonchev–Trinajstić information content (AvgIpc) is 2.86. The Balaban J connectivity index is 2.46. The molecular formula is C13H17F2NO4S. The first kappa shape index (κ1) is 16.3. The monoisotopic (exact) mass is 321 g/mol. The largest absolute Gasteiger partial charge is 0.392 e. The van der Waals surface area contributed by atoms with Gasteiger partial charge in [-0.1, -0.05) is 0 Å². The number of ether oxygens (including phenoxy) is 1. The maximum atomic E-state index is 13.9. The van der Waals surface area contributed by atoms with Gasteiger partial charge in [-0.05, 0) is 31.0 Å². The molecule has 0 aliphatic carbocycles. The molecule has 1 fully saturated rings. The Morgan fingerprint density at radius 2 is 2.10 bits per heavy atom. The highest BCUT2D eigenvalue weighted by molar-refractivity contribution is 7.89. The van der Waals surface area contributed by atoms with Crippen molar-refractivity contribution in [3.63, 3.8) is 0 Å². The summed E-state index contributed by atoms with van der Waals surface area (Å²) in [6, 6.07) is 1.29. The molecule has 0 aromatic heterocycles. The molecule has 2 atom stereocenters. The lowest BCUT2D eigenvalue weighted by Crippen LogP contribution is -2.41. The number of halogens is 2. The Labute approximate surface area is 122 Å². The van der Waals surface area contributed by atoms with Crippen LogP contribution in [0.4, 0.5) is 8.78 Å². The van der Waals surface area contributed by atoms with Gasteiger partial charge in [0, 0.05) is 13.7 Å². The summed E-state index contributed by atoms with van der Waals surface area (Å²) in [4.78, 5) is -0.770. The zero-order valence-corrected chi connectivity index (χ0v) is 12.5. The minimum absolute atomic E-state index is 0.00315. The molecule has 0 saturated carbocycles. The second-order valence-corrected chi connectivity index (χ2v) is 6.97. The van der Waals surface area contributed by atoms with E-state index < -0.39 is 39.2 Å². The van der Waals surface area contributed by atoms with Crippen molar-refractivity contribution in [2.45, 2.75) is 37.0 Å². The lowest BCUT2D eigenvalue weighted by Gasteiger charge is -2.26. The summed E-state index contributed by atoms with van der Waals surface area (Å²) in [6.07, 6.45) is 0.166. The fourth-order valence-corrected chi connectivity index (χ4v) is 4.00. The number of aliphatic hydroxyl groups excluding tert-OH is 1. The second kappa shape index (κ2) is 5.96. The first-order valence-electron chi connectivity index (χ1n) is 6.47. The van der Waals surface area contributed by atoms with E-state index in [1.165, 1.54) is 7.05 Å². The summed E-state index contributed by atoms with van der Waals surface area (Å²) in [5, 5.41) is 9.02. The van der Waals surface area contributed by atoms with E-state index >= 15 is 0 Å². The number of benzene rings is 1. The van der Waals surface area contributed by atoms with Gasteiger partial charge in [-0.3, -0.25) is 0 Å². The molecule has 5 nitrogen and oxygen atoms in total. The molecule has 1 N–H and O–H groups in total. The Hall–Kier alpha value is -1.09. The van der Waals surface area contributed by atoms with Gasteiger partial charge in [-0.15, -0.1) is 0 Å². The van der Waals surface area contributed by atoms with E-state index in [1.54, 1.807) is 6.92 Å². The minimum Gasteiger partial charge on any atom is -0.392 e. The van der Waals surface area contributed by atoms with Gasteiger partial charge >= 0.3 is 0 Å². The van der Waals surface area contributed by atoms with E-state index in [1.807, 2.05) is 0 Å². The van der Waals surface area contributed by atoms with Crippen molar-refractivity contribution in [2.24, 2.45) is 0 Å². The number of rotatable bonds is 4. The highest BCUT2D eigenvalue weighted by atomic mass is 32.2. The number of nitrogens with zero attached hydrogens (tertiary/aromatic N) is 1. The van der Waals surface area contributed by atoms with Crippen LogP contribution in [0.15, 0.2) is 17.0 Å². The second-order valence-electron chi connectivity index (χ2n) is 5.00. The highest BCUT2D eigenvalue weighted by Gasteiger charge is 2.37. The van der Waals surface area contributed by atoms with Crippen molar-refractivity contribution < 1.29 is 27.0 Å². The number of aliphatic hydroxyl groups is 1. The molecule has 1 saturated heterocycles. The topological polar surface area (TPSA) is 66.8 Å². The summed E-state index contributed by atoms with van der Waals surface area (Å²) < 4.78 is 58.6. The molecule has 1 aromatic carbocycles. The van der Waals surface area contributed by atoms with Gasteiger partial charge in [0.1, 0.15) is 4.90 Å². The van der Waals surface area contributed by atoms with E-state index in [4.69, 9.17) is 9.84 Å². The molecule has 0 spiro atoms. The van der Waals surface area contributed by atoms with Crippen LogP contribution in [0.5, 0.6) is 0 Å². The Morgan fingerprint density at radius 3 is 2.62 bits per heavy atom. The Morgan fingerprint density at radius 1 is 1.43 bits per heavy atom. The lowest BCUT2D eigenvalue weighted by atomic mass is 10.2. The fourth-order valence-electron chi connectivity index (χ4n) is 2.43. The third-order valence-corrected chi connectivity index (χ3v) is 5.58. The van der Waals surface area contributed by atoms with Crippen molar-refractivity contribution in [3.8, 4) is 0 Å². The van der Waals surface area contributed by atoms with E-state index in [9.17, 15) is 17.2 Å². The predicted octanol–water partition coefficient (Wildman–Crippen LogP) is 1.26. The van der Waals surface area contributed by atoms with Crippen LogP contribution in [0.2, 0.25) is 0 Å². The molecule has 1 aromatic rings. The molecule has 1 heterocycles. The number of hydrogen-bond acceptors (Lipinski definition) is 4. The van der Waals surface area contributed by atoms with Gasteiger partial charge in [0.2, 0.25) is 10.0 Å². The number of likely N-dealkylation sites (N-methyl/N-ethyl adjacent to an activating group) is 1. The number of sulfonamides is 1. The van der Waals surface area contributed by atoms with Gasteiger partial charge in [0.15, 0.2) is 11.6 Å². The molecule has 2 rings (SSSR count). The quantitative estimate of drug-likeness (QED) is 0.906. The first-order chi connectivity index (χ1) is 9.78. The van der Waals surface area contributed by atoms with Crippen LogP contribution >= 0.6 is 0 Å². The highest BCUT2D eigenvalue weighted by Crippen LogP contribution is 2.27. The zero-order chi connectivity index (χ0) is 15.8. The maximum absolute atomic E-state index is 13.9. The van der Waals surface area contributed by atoms with Gasteiger partial charge in [-0.2, -0.15) is 4.31 Å². The molecule has 0 amide bonds.